The second-order valence-corrected chi connectivity index (χ2v) is 9.26. The average Bonchev–Trinajstić information content (AvgIpc) is 3.30. The minimum Gasteiger partial charge on any atom is -0.487 e. The zero-order valence-electron chi connectivity index (χ0n) is 18.1. The van der Waals surface area contributed by atoms with Gasteiger partial charge in [-0.25, -0.2) is 4.98 Å². The number of nitrogens with one attached hydrogen (secondary N) is 1. The van der Waals surface area contributed by atoms with Crippen LogP contribution in [0.2, 0.25) is 5.02 Å². The molecule has 0 radical (unpaired) electrons. The highest BCUT2D eigenvalue weighted by atomic mass is 35.5. The molecule has 32 heavy (non-hydrogen) atoms. The number of ether oxygens (including phenoxy) is 2. The molecule has 6 rings (SSSR count). The highest BCUT2D eigenvalue weighted by Crippen LogP contribution is 2.47. The Morgan fingerprint density at radius 3 is 2.75 bits per heavy atom. The van der Waals surface area contributed by atoms with E-state index in [2.05, 4.69) is 40.1 Å². The van der Waals surface area contributed by atoms with Crippen LogP contribution in [0.3, 0.4) is 0 Å². The maximum absolute atomic E-state index is 6.88. The fourth-order valence-corrected chi connectivity index (χ4v) is 4.75. The molecule has 1 aliphatic heterocycles. The lowest BCUT2D eigenvalue weighted by molar-refractivity contribution is 0.192. The third-order valence-corrected chi connectivity index (χ3v) is 6.57. The van der Waals surface area contributed by atoms with E-state index in [-0.39, 0.29) is 12.2 Å². The molecule has 3 heterocycles. The van der Waals surface area contributed by atoms with E-state index in [1.165, 1.54) is 0 Å². The number of H-pyrrole nitrogens is 1. The molecule has 0 bridgehead atoms. The quantitative estimate of drug-likeness (QED) is 0.473. The molecule has 2 fully saturated rings. The van der Waals surface area contributed by atoms with Gasteiger partial charge >= 0.3 is 6.01 Å². The summed E-state index contributed by atoms with van der Waals surface area (Å²) in [5.74, 6) is 0.697. The SMILES string of the molecule is Cc1ccc2[nH]ncc2c1-c1c(Cl)cc2cnc(O[C@@H]3CCN(C)C3)nc2c1OC1CC1. The molecule has 1 saturated carbocycles. The maximum Gasteiger partial charge on any atom is 0.317 e. The van der Waals surface area contributed by atoms with Crippen LogP contribution in [-0.2, 0) is 0 Å². The van der Waals surface area contributed by atoms with Gasteiger partial charge in [-0.05, 0) is 50.9 Å². The van der Waals surface area contributed by atoms with Crippen LogP contribution in [0, 0.1) is 6.92 Å². The molecule has 1 saturated heterocycles. The van der Waals surface area contributed by atoms with Crippen molar-refractivity contribution in [1.29, 1.82) is 0 Å². The standard InChI is InChI=1S/C24H24ClN5O2/c1-13-3-6-19-17(11-27-29-19)20(13)21-18(25)9-14-10-26-24(32-16-7-8-30(2)12-16)28-22(14)23(21)31-15-4-5-15/h3,6,9-11,15-16H,4-5,7-8,12H2,1-2H3,(H,27,29)/t16-/m1/s1. The Hall–Kier alpha value is -2.90. The van der Waals surface area contributed by atoms with Gasteiger partial charge in [-0.1, -0.05) is 17.7 Å². The number of likely N-dealkylation sites (N-methyl/N-ethyl adjacent to an activating group) is 1. The lowest BCUT2D eigenvalue weighted by atomic mass is 9.95. The minimum absolute atomic E-state index is 0.0962. The van der Waals surface area contributed by atoms with Crippen molar-refractivity contribution in [2.45, 2.75) is 38.4 Å². The summed E-state index contributed by atoms with van der Waals surface area (Å²) in [7, 11) is 2.10. The van der Waals surface area contributed by atoms with E-state index >= 15 is 0 Å². The topological polar surface area (TPSA) is 76.2 Å². The van der Waals surface area contributed by atoms with Gasteiger partial charge in [0.05, 0.1) is 22.8 Å². The van der Waals surface area contributed by atoms with Crippen molar-refractivity contribution < 1.29 is 9.47 Å². The van der Waals surface area contributed by atoms with Crippen molar-refractivity contribution in [3.8, 4) is 22.9 Å². The molecule has 7 nitrogen and oxygen atoms in total. The Balaban J connectivity index is 1.55. The smallest absolute Gasteiger partial charge is 0.317 e. The number of aromatic amines is 1. The first-order valence-electron chi connectivity index (χ1n) is 11.0. The summed E-state index contributed by atoms with van der Waals surface area (Å²) in [5, 5.41) is 9.75. The van der Waals surface area contributed by atoms with Gasteiger partial charge in [-0.3, -0.25) is 5.10 Å². The van der Waals surface area contributed by atoms with Gasteiger partial charge in [0.25, 0.3) is 0 Å². The summed E-state index contributed by atoms with van der Waals surface area (Å²) >= 11 is 6.88. The van der Waals surface area contributed by atoms with Gasteiger partial charge in [-0.2, -0.15) is 10.1 Å². The molecule has 2 aliphatic rings. The van der Waals surface area contributed by atoms with E-state index in [1.54, 1.807) is 6.20 Å². The van der Waals surface area contributed by atoms with Gasteiger partial charge in [0, 0.05) is 41.2 Å². The molecule has 1 aliphatic carbocycles. The van der Waals surface area contributed by atoms with Crippen molar-refractivity contribution in [2.24, 2.45) is 0 Å². The summed E-state index contributed by atoms with van der Waals surface area (Å²) in [6.07, 6.45) is 6.93. The number of likely N-dealkylation sites (tertiary alicyclic amines) is 1. The largest absolute Gasteiger partial charge is 0.487 e. The highest BCUT2D eigenvalue weighted by molar-refractivity contribution is 6.35. The van der Waals surface area contributed by atoms with E-state index in [0.717, 1.165) is 70.8 Å². The first-order chi connectivity index (χ1) is 15.6. The maximum atomic E-state index is 6.88. The Bertz CT molecular complexity index is 1330. The molecule has 4 aromatic rings. The second-order valence-electron chi connectivity index (χ2n) is 8.85. The Kier molecular flexibility index (Phi) is 4.69. The molecule has 0 amide bonds. The number of halogens is 1. The number of rotatable bonds is 5. The van der Waals surface area contributed by atoms with Crippen LogP contribution < -0.4 is 9.47 Å². The lowest BCUT2D eigenvalue weighted by Gasteiger charge is -2.18. The average molecular weight is 450 g/mol. The zero-order chi connectivity index (χ0) is 21.8. The van der Waals surface area contributed by atoms with E-state index in [0.29, 0.717) is 16.8 Å². The minimum atomic E-state index is 0.0962. The van der Waals surface area contributed by atoms with Crippen molar-refractivity contribution in [3.63, 3.8) is 0 Å². The van der Waals surface area contributed by atoms with Crippen molar-refractivity contribution in [2.75, 3.05) is 20.1 Å². The lowest BCUT2D eigenvalue weighted by Crippen LogP contribution is -2.22. The van der Waals surface area contributed by atoms with Crippen molar-refractivity contribution in [3.05, 3.63) is 41.2 Å². The van der Waals surface area contributed by atoms with Gasteiger partial charge in [0.1, 0.15) is 11.6 Å². The molecular weight excluding hydrogens is 426 g/mol. The molecule has 164 valence electrons. The Morgan fingerprint density at radius 1 is 1.09 bits per heavy atom. The van der Waals surface area contributed by atoms with Crippen LogP contribution in [0.15, 0.2) is 30.6 Å². The van der Waals surface area contributed by atoms with Gasteiger partial charge in [0.15, 0.2) is 5.75 Å². The zero-order valence-corrected chi connectivity index (χ0v) is 18.8. The van der Waals surface area contributed by atoms with Gasteiger partial charge in [-0.15, -0.1) is 0 Å². The summed E-state index contributed by atoms with van der Waals surface area (Å²) in [5.41, 5.74) is 4.64. The van der Waals surface area contributed by atoms with Crippen molar-refractivity contribution in [1.82, 2.24) is 25.1 Å². The monoisotopic (exact) mass is 449 g/mol. The van der Waals surface area contributed by atoms with Crippen LogP contribution in [0.1, 0.15) is 24.8 Å². The van der Waals surface area contributed by atoms with Crippen LogP contribution in [0.4, 0.5) is 0 Å². The van der Waals surface area contributed by atoms with E-state index < -0.39 is 0 Å². The number of benzene rings is 2. The number of nitrogens with zero attached hydrogens (tertiary/aromatic N) is 4. The molecule has 2 aromatic carbocycles. The van der Waals surface area contributed by atoms with Crippen LogP contribution in [0.25, 0.3) is 32.9 Å². The number of aromatic nitrogens is 4. The summed E-state index contributed by atoms with van der Waals surface area (Å²) in [6.45, 7) is 3.97. The van der Waals surface area contributed by atoms with Gasteiger partial charge < -0.3 is 14.4 Å². The first kappa shape index (κ1) is 19.8. The van der Waals surface area contributed by atoms with Crippen LogP contribution in [-0.4, -0.2) is 57.4 Å². The molecule has 1 N–H and O–H groups in total. The number of aryl methyl sites for hydroxylation is 1. The van der Waals surface area contributed by atoms with Gasteiger partial charge in [0.2, 0.25) is 0 Å². The molecule has 8 heteroatoms. The Labute approximate surface area is 190 Å². The van der Waals surface area contributed by atoms with Crippen LogP contribution >= 0.6 is 11.6 Å². The third kappa shape index (κ3) is 3.45. The van der Waals surface area contributed by atoms with Crippen molar-refractivity contribution >= 4 is 33.4 Å². The molecule has 1 atom stereocenters. The van der Waals surface area contributed by atoms with E-state index in [1.807, 2.05) is 18.3 Å². The fourth-order valence-electron chi connectivity index (χ4n) is 4.45. The predicted octanol–water partition coefficient (Wildman–Crippen LogP) is 4.76. The summed E-state index contributed by atoms with van der Waals surface area (Å²) in [6, 6.07) is 6.40. The fraction of sp³-hybridized carbons (Fsp3) is 0.375. The highest BCUT2D eigenvalue weighted by Gasteiger charge is 2.29. The molecule has 0 spiro atoms. The third-order valence-electron chi connectivity index (χ3n) is 6.27. The molecular formula is C24H24ClN5O2. The Morgan fingerprint density at radius 2 is 1.97 bits per heavy atom. The predicted molar refractivity (Wildman–Crippen MR) is 125 cm³/mol. The van der Waals surface area contributed by atoms with Crippen LogP contribution in [0.5, 0.6) is 11.8 Å². The molecule has 2 aromatic heterocycles. The summed E-state index contributed by atoms with van der Waals surface area (Å²) in [4.78, 5) is 11.5. The second kappa shape index (κ2) is 7.60. The van der Waals surface area contributed by atoms with E-state index in [4.69, 9.17) is 26.1 Å². The number of hydrogen-bond donors (Lipinski definition) is 1. The number of hydrogen-bond acceptors (Lipinski definition) is 6. The van der Waals surface area contributed by atoms with E-state index in [9.17, 15) is 0 Å². The normalized spacial score (nSPS) is 19.2. The first-order valence-corrected chi connectivity index (χ1v) is 11.4. The number of fused-ring (bicyclic) bond motifs is 2. The molecule has 0 unspecified atom stereocenters. The summed E-state index contributed by atoms with van der Waals surface area (Å²) < 4.78 is 12.6.